The van der Waals surface area contributed by atoms with Crippen LogP contribution in [0.4, 0.5) is 10.5 Å². The summed E-state index contributed by atoms with van der Waals surface area (Å²) in [4.78, 5) is 18.2. The van der Waals surface area contributed by atoms with Gasteiger partial charge >= 0.3 is 6.03 Å². The molecule has 2 saturated heterocycles. The second-order valence-corrected chi connectivity index (χ2v) is 7.82. The summed E-state index contributed by atoms with van der Waals surface area (Å²) < 4.78 is 0. The van der Waals surface area contributed by atoms with Crippen LogP contribution in [0.1, 0.15) is 50.5 Å². The number of aromatic nitrogens is 1. The molecule has 0 aliphatic carbocycles. The van der Waals surface area contributed by atoms with Gasteiger partial charge < -0.3 is 20.5 Å². The summed E-state index contributed by atoms with van der Waals surface area (Å²) in [6.07, 6.45) is 12.6. The molecule has 5 heteroatoms. The van der Waals surface area contributed by atoms with Gasteiger partial charge in [0.15, 0.2) is 0 Å². The highest BCUT2D eigenvalue weighted by Crippen LogP contribution is 2.38. The molecule has 1 aromatic heterocycles. The van der Waals surface area contributed by atoms with E-state index in [-0.39, 0.29) is 6.03 Å². The number of amides is 2. The molecule has 3 N–H and O–H groups in total. The molecule has 2 aliphatic rings. The summed E-state index contributed by atoms with van der Waals surface area (Å²) in [7, 11) is 0. The van der Waals surface area contributed by atoms with E-state index >= 15 is 0 Å². The molecule has 5 nitrogen and oxygen atoms in total. The third-order valence-corrected chi connectivity index (χ3v) is 6.10. The third-order valence-electron chi connectivity index (χ3n) is 6.10. The first-order chi connectivity index (χ1) is 13.2. The lowest BCUT2D eigenvalue weighted by atomic mass is 9.82. The number of anilines is 1. The second-order valence-electron chi connectivity index (χ2n) is 7.82. The number of rotatable bonds is 4. The van der Waals surface area contributed by atoms with Crippen LogP contribution in [-0.2, 0) is 0 Å². The highest BCUT2D eigenvalue weighted by atomic mass is 16.2. The number of fused-ring (bicyclic) bond motifs is 2. The molecule has 27 heavy (non-hydrogen) atoms. The number of H-pyrrole nitrogens is 1. The molecule has 0 saturated carbocycles. The van der Waals surface area contributed by atoms with Crippen molar-refractivity contribution >= 4 is 22.6 Å². The Hall–Kier alpha value is -2.27. The predicted octanol–water partition coefficient (Wildman–Crippen LogP) is 4.60. The topological polar surface area (TPSA) is 60.2 Å². The fourth-order valence-corrected chi connectivity index (χ4v) is 4.67. The van der Waals surface area contributed by atoms with E-state index in [4.69, 9.17) is 0 Å². The highest BCUT2D eigenvalue weighted by molar-refractivity contribution is 5.94. The van der Waals surface area contributed by atoms with Crippen LogP contribution >= 0.6 is 0 Å². The van der Waals surface area contributed by atoms with Crippen molar-refractivity contribution < 1.29 is 4.79 Å². The molecule has 2 aromatic rings. The van der Waals surface area contributed by atoms with Crippen LogP contribution in [0.2, 0.25) is 0 Å². The minimum atomic E-state index is -0.167. The molecule has 2 atom stereocenters. The zero-order chi connectivity index (χ0) is 18.6. The minimum absolute atomic E-state index is 0.167. The fourth-order valence-electron chi connectivity index (χ4n) is 4.67. The molecule has 2 unspecified atom stereocenters. The number of allylic oxidation sites excluding steroid dienone is 1. The van der Waals surface area contributed by atoms with Crippen LogP contribution in [0, 0.1) is 0 Å². The standard InChI is InChI=1S/C22H30N4O/c1-2-3-10-23-22(27)25-17-7-8-21-19(14-17)20(15-24-21)16-9-12-26-11-5-4-6-18(26)13-16/h2-3,7-8,14-16,18,24H,4-6,9-13H2,1H3,(H2,23,25,27). The molecular formula is C22H30N4O. The van der Waals surface area contributed by atoms with Crippen molar-refractivity contribution in [3.05, 3.63) is 42.1 Å². The Kier molecular flexibility index (Phi) is 5.48. The molecular weight excluding hydrogens is 336 g/mol. The van der Waals surface area contributed by atoms with E-state index in [0.29, 0.717) is 12.5 Å². The molecule has 2 aliphatic heterocycles. The van der Waals surface area contributed by atoms with Gasteiger partial charge in [-0.25, -0.2) is 4.79 Å². The number of hydrogen-bond donors (Lipinski definition) is 3. The van der Waals surface area contributed by atoms with Crippen LogP contribution in [0.15, 0.2) is 36.5 Å². The Labute approximate surface area is 161 Å². The van der Waals surface area contributed by atoms with Gasteiger partial charge in [-0.3, -0.25) is 0 Å². The second kappa shape index (κ2) is 8.17. The van der Waals surface area contributed by atoms with Crippen molar-refractivity contribution in [1.82, 2.24) is 15.2 Å². The molecule has 0 bridgehead atoms. The number of aromatic amines is 1. The first-order valence-corrected chi connectivity index (χ1v) is 10.3. The van der Waals surface area contributed by atoms with E-state index in [2.05, 4.69) is 38.8 Å². The first-order valence-electron chi connectivity index (χ1n) is 10.3. The van der Waals surface area contributed by atoms with Crippen LogP contribution in [0.5, 0.6) is 0 Å². The number of carbonyl (C=O) groups is 1. The Morgan fingerprint density at radius 2 is 2.22 bits per heavy atom. The Morgan fingerprint density at radius 3 is 3.11 bits per heavy atom. The van der Waals surface area contributed by atoms with E-state index < -0.39 is 0 Å². The molecule has 4 rings (SSSR count). The molecule has 2 fully saturated rings. The first kappa shape index (κ1) is 18.1. The van der Waals surface area contributed by atoms with E-state index in [0.717, 1.165) is 17.2 Å². The van der Waals surface area contributed by atoms with Crippen molar-refractivity contribution in [2.24, 2.45) is 0 Å². The van der Waals surface area contributed by atoms with Crippen molar-refractivity contribution in [1.29, 1.82) is 0 Å². The van der Waals surface area contributed by atoms with Gasteiger partial charge in [0.05, 0.1) is 0 Å². The molecule has 0 radical (unpaired) electrons. The molecule has 1 aromatic carbocycles. The van der Waals surface area contributed by atoms with Gasteiger partial charge in [-0.1, -0.05) is 18.6 Å². The summed E-state index contributed by atoms with van der Waals surface area (Å²) in [5.41, 5.74) is 3.40. The lowest BCUT2D eigenvalue weighted by Crippen LogP contribution is -2.44. The van der Waals surface area contributed by atoms with Crippen molar-refractivity contribution in [2.45, 2.75) is 51.0 Å². The number of carbonyl (C=O) groups excluding carboxylic acids is 1. The number of nitrogens with one attached hydrogen (secondary N) is 3. The largest absolute Gasteiger partial charge is 0.361 e. The summed E-state index contributed by atoms with van der Waals surface area (Å²) in [5.74, 6) is 0.608. The lowest BCUT2D eigenvalue weighted by molar-refractivity contribution is 0.0977. The highest BCUT2D eigenvalue weighted by Gasteiger charge is 2.31. The lowest BCUT2D eigenvalue weighted by Gasteiger charge is -2.42. The van der Waals surface area contributed by atoms with E-state index in [1.54, 1.807) is 0 Å². The summed E-state index contributed by atoms with van der Waals surface area (Å²) in [5, 5.41) is 7.03. The fraction of sp³-hybridized carbons (Fsp3) is 0.500. The summed E-state index contributed by atoms with van der Waals surface area (Å²) in [6.45, 7) is 4.98. The number of nitrogens with zero attached hydrogens (tertiary/aromatic N) is 1. The monoisotopic (exact) mass is 366 g/mol. The maximum atomic E-state index is 12.0. The number of urea groups is 1. The van der Waals surface area contributed by atoms with Crippen LogP contribution in [0.3, 0.4) is 0 Å². The molecule has 144 valence electrons. The Bertz CT molecular complexity index is 825. The summed E-state index contributed by atoms with van der Waals surface area (Å²) in [6, 6.07) is 6.72. The molecule has 2 amide bonds. The smallest absolute Gasteiger partial charge is 0.319 e. The predicted molar refractivity (Wildman–Crippen MR) is 111 cm³/mol. The maximum absolute atomic E-state index is 12.0. The average molecular weight is 367 g/mol. The Balaban J connectivity index is 1.49. The SMILES string of the molecule is CC=CCNC(=O)Nc1ccc2[nH]cc(C3CCN4CCCCC4C3)c2c1. The third kappa shape index (κ3) is 4.03. The zero-order valence-corrected chi connectivity index (χ0v) is 16.1. The normalized spacial score (nSPS) is 23.4. The zero-order valence-electron chi connectivity index (χ0n) is 16.1. The van der Waals surface area contributed by atoms with E-state index in [1.165, 1.54) is 56.1 Å². The number of piperidine rings is 2. The average Bonchev–Trinajstić information content (AvgIpc) is 3.11. The van der Waals surface area contributed by atoms with Crippen LogP contribution in [-0.4, -0.2) is 41.6 Å². The van der Waals surface area contributed by atoms with Gasteiger partial charge in [-0.15, -0.1) is 0 Å². The van der Waals surface area contributed by atoms with Crippen molar-refractivity contribution in [3.8, 4) is 0 Å². The van der Waals surface area contributed by atoms with E-state index in [9.17, 15) is 4.79 Å². The van der Waals surface area contributed by atoms with Gasteiger partial charge in [-0.2, -0.15) is 0 Å². The van der Waals surface area contributed by atoms with Gasteiger partial charge in [0.2, 0.25) is 0 Å². The van der Waals surface area contributed by atoms with Crippen molar-refractivity contribution in [2.75, 3.05) is 25.0 Å². The maximum Gasteiger partial charge on any atom is 0.319 e. The molecule has 3 heterocycles. The minimum Gasteiger partial charge on any atom is -0.361 e. The van der Waals surface area contributed by atoms with Gasteiger partial charge in [0.1, 0.15) is 0 Å². The van der Waals surface area contributed by atoms with Crippen LogP contribution in [0.25, 0.3) is 10.9 Å². The van der Waals surface area contributed by atoms with Crippen LogP contribution < -0.4 is 10.6 Å². The van der Waals surface area contributed by atoms with Gasteiger partial charge in [0, 0.05) is 35.4 Å². The van der Waals surface area contributed by atoms with Crippen molar-refractivity contribution in [3.63, 3.8) is 0 Å². The number of hydrogen-bond acceptors (Lipinski definition) is 2. The summed E-state index contributed by atoms with van der Waals surface area (Å²) >= 11 is 0. The quantitative estimate of drug-likeness (QED) is 0.693. The van der Waals surface area contributed by atoms with Gasteiger partial charge in [0.25, 0.3) is 0 Å². The molecule has 0 spiro atoms. The Morgan fingerprint density at radius 1 is 1.30 bits per heavy atom. The number of benzene rings is 1. The van der Waals surface area contributed by atoms with Gasteiger partial charge in [-0.05, 0) is 75.4 Å². The van der Waals surface area contributed by atoms with E-state index in [1.807, 2.05) is 25.1 Å².